The zero-order valence-corrected chi connectivity index (χ0v) is 19.7. The molecule has 172 valence electrons. The fourth-order valence-corrected chi connectivity index (χ4v) is 4.54. The van der Waals surface area contributed by atoms with E-state index in [1.54, 1.807) is 18.2 Å². The second-order valence-corrected chi connectivity index (χ2v) is 9.05. The Morgan fingerprint density at radius 1 is 1.15 bits per heavy atom. The number of aromatic nitrogens is 1. The van der Waals surface area contributed by atoms with Gasteiger partial charge in [0.25, 0.3) is 0 Å². The van der Waals surface area contributed by atoms with Crippen LogP contribution in [-0.2, 0) is 16.0 Å². The van der Waals surface area contributed by atoms with Crippen LogP contribution >= 0.6 is 15.9 Å². The van der Waals surface area contributed by atoms with Crippen molar-refractivity contribution >= 4 is 44.7 Å². The Morgan fingerprint density at radius 3 is 2.73 bits per heavy atom. The molecule has 0 unspecified atom stereocenters. The third-order valence-electron chi connectivity index (χ3n) is 5.98. The average molecular weight is 513 g/mol. The molecule has 2 heterocycles. The minimum atomic E-state index is -0.962. The van der Waals surface area contributed by atoms with Gasteiger partial charge in [-0.25, -0.2) is 4.39 Å². The van der Waals surface area contributed by atoms with Gasteiger partial charge in [-0.05, 0) is 83.7 Å². The predicted molar refractivity (Wildman–Crippen MR) is 131 cm³/mol. The Labute approximate surface area is 200 Å². The maximum absolute atomic E-state index is 13.4. The first-order valence-corrected chi connectivity index (χ1v) is 11.8. The van der Waals surface area contributed by atoms with Crippen LogP contribution in [0.3, 0.4) is 0 Å². The number of aromatic amines is 1. The maximum Gasteiger partial charge on any atom is 0.245 e. The van der Waals surface area contributed by atoms with Crippen LogP contribution in [0.4, 0.5) is 4.39 Å². The largest absolute Gasteiger partial charge is 0.361 e. The van der Waals surface area contributed by atoms with Gasteiger partial charge in [0.1, 0.15) is 11.4 Å². The van der Waals surface area contributed by atoms with E-state index in [9.17, 15) is 14.0 Å². The van der Waals surface area contributed by atoms with Crippen molar-refractivity contribution in [1.29, 1.82) is 0 Å². The van der Waals surface area contributed by atoms with Crippen LogP contribution in [0.15, 0.2) is 59.2 Å². The fraction of sp³-hybridized carbons (Fsp3) is 0.280. The number of halogens is 2. The molecular weight excluding hydrogens is 487 g/mol. The molecule has 4 N–H and O–H groups in total. The van der Waals surface area contributed by atoms with Crippen LogP contribution in [-0.4, -0.2) is 42.0 Å². The van der Waals surface area contributed by atoms with Crippen LogP contribution in [0, 0.1) is 5.82 Å². The molecular formula is C25H26BrFN4O2. The Kier molecular flexibility index (Phi) is 7.25. The van der Waals surface area contributed by atoms with Gasteiger partial charge < -0.3 is 20.9 Å². The first-order valence-electron chi connectivity index (χ1n) is 11.0. The number of amides is 2. The van der Waals surface area contributed by atoms with E-state index in [0.717, 1.165) is 16.5 Å². The second kappa shape index (κ2) is 10.3. The van der Waals surface area contributed by atoms with Crippen LogP contribution < -0.4 is 16.0 Å². The predicted octanol–water partition coefficient (Wildman–Crippen LogP) is 3.68. The molecule has 1 aromatic heterocycles. The molecule has 2 amide bonds. The Bertz CT molecular complexity index is 1180. The van der Waals surface area contributed by atoms with Crippen molar-refractivity contribution in [3.63, 3.8) is 0 Å². The number of rotatable bonds is 7. The van der Waals surface area contributed by atoms with E-state index in [0.29, 0.717) is 48.9 Å². The topological polar surface area (TPSA) is 86.0 Å². The molecule has 0 aliphatic carbocycles. The molecule has 0 radical (unpaired) electrons. The van der Waals surface area contributed by atoms with Gasteiger partial charge in [-0.1, -0.05) is 24.3 Å². The number of fused-ring (bicyclic) bond motifs is 1. The lowest BCUT2D eigenvalue weighted by atomic mass is 9.87. The highest BCUT2D eigenvalue weighted by atomic mass is 79.9. The third kappa shape index (κ3) is 5.51. The molecule has 0 bridgehead atoms. The summed E-state index contributed by atoms with van der Waals surface area (Å²) in [6, 6.07) is 12.6. The molecule has 6 nitrogen and oxygen atoms in total. The molecule has 1 aliphatic heterocycles. The summed E-state index contributed by atoms with van der Waals surface area (Å²) >= 11 is 3.14. The molecule has 1 fully saturated rings. The molecule has 3 aromatic rings. The molecule has 1 saturated heterocycles. The Balaban J connectivity index is 1.39. The zero-order valence-electron chi connectivity index (χ0n) is 18.1. The minimum absolute atomic E-state index is 0.171. The maximum atomic E-state index is 13.4. The minimum Gasteiger partial charge on any atom is -0.361 e. The Hall–Kier alpha value is -2.97. The van der Waals surface area contributed by atoms with E-state index in [1.807, 2.05) is 24.4 Å². The van der Waals surface area contributed by atoms with Gasteiger partial charge >= 0.3 is 0 Å². The highest BCUT2D eigenvalue weighted by Gasteiger charge is 2.40. The van der Waals surface area contributed by atoms with Gasteiger partial charge in [-0.15, -0.1) is 0 Å². The van der Waals surface area contributed by atoms with Crippen LogP contribution in [0.1, 0.15) is 24.0 Å². The smallest absolute Gasteiger partial charge is 0.245 e. The van der Waals surface area contributed by atoms with Crippen molar-refractivity contribution in [1.82, 2.24) is 20.9 Å². The van der Waals surface area contributed by atoms with Gasteiger partial charge in [0.15, 0.2) is 0 Å². The molecule has 8 heteroatoms. The number of carbonyl (C=O) groups excluding carboxylic acids is 2. The zero-order chi connectivity index (χ0) is 23.3. The first kappa shape index (κ1) is 23.2. The number of para-hydroxylation sites is 1. The van der Waals surface area contributed by atoms with Crippen LogP contribution in [0.25, 0.3) is 17.0 Å². The van der Waals surface area contributed by atoms with Crippen molar-refractivity contribution in [2.75, 3.05) is 19.6 Å². The number of benzene rings is 2. The third-order valence-corrected chi connectivity index (χ3v) is 6.59. The second-order valence-electron chi connectivity index (χ2n) is 8.19. The number of nitrogens with one attached hydrogen (secondary N) is 4. The average Bonchev–Trinajstić information content (AvgIpc) is 3.23. The number of piperidine rings is 1. The number of H-pyrrole nitrogens is 1. The summed E-state index contributed by atoms with van der Waals surface area (Å²) in [7, 11) is 0. The summed E-state index contributed by atoms with van der Waals surface area (Å²) in [5.41, 5.74) is 1.93. The molecule has 0 spiro atoms. The van der Waals surface area contributed by atoms with E-state index in [4.69, 9.17) is 0 Å². The fourth-order valence-electron chi connectivity index (χ4n) is 4.15. The molecule has 4 rings (SSSR count). The standard InChI is InChI=1S/C25H26BrFN4O2/c26-20-15-17(5-7-21(20)27)6-8-23(32)31-25(10-13-28-14-11-25)24(33)29-12-9-18-16-30-22-4-2-1-3-19(18)22/h1-8,15-16,28,30H,9-14H2,(H,29,33)(H,31,32). The normalized spacial score (nSPS) is 15.6. The van der Waals surface area contributed by atoms with Crippen molar-refractivity contribution < 1.29 is 14.0 Å². The monoisotopic (exact) mass is 512 g/mol. The molecule has 0 atom stereocenters. The van der Waals surface area contributed by atoms with Crippen LogP contribution in [0.5, 0.6) is 0 Å². The van der Waals surface area contributed by atoms with Crippen LogP contribution in [0.2, 0.25) is 0 Å². The quantitative estimate of drug-likeness (QED) is 0.364. The molecule has 2 aromatic carbocycles. The lowest BCUT2D eigenvalue weighted by Crippen LogP contribution is -2.62. The van der Waals surface area contributed by atoms with E-state index < -0.39 is 5.54 Å². The van der Waals surface area contributed by atoms with Crippen molar-refractivity contribution in [2.24, 2.45) is 0 Å². The summed E-state index contributed by atoms with van der Waals surface area (Å²) in [6.07, 6.45) is 6.65. The van der Waals surface area contributed by atoms with Gasteiger partial charge in [-0.3, -0.25) is 9.59 Å². The molecule has 33 heavy (non-hydrogen) atoms. The summed E-state index contributed by atoms with van der Waals surface area (Å²) < 4.78 is 13.7. The van der Waals surface area contributed by atoms with E-state index in [-0.39, 0.29) is 17.6 Å². The SMILES string of the molecule is O=C(C=Cc1ccc(F)c(Br)c1)NC1(C(=O)NCCc2c[nH]c3ccccc23)CCNCC1. The lowest BCUT2D eigenvalue weighted by molar-refractivity contribution is -0.133. The molecule has 0 saturated carbocycles. The number of hydrogen-bond donors (Lipinski definition) is 4. The highest BCUT2D eigenvalue weighted by molar-refractivity contribution is 9.10. The van der Waals surface area contributed by atoms with E-state index in [2.05, 4.69) is 42.9 Å². The van der Waals surface area contributed by atoms with Crippen molar-refractivity contribution in [2.45, 2.75) is 24.8 Å². The molecule has 1 aliphatic rings. The highest BCUT2D eigenvalue weighted by Crippen LogP contribution is 2.21. The summed E-state index contributed by atoms with van der Waals surface area (Å²) in [5, 5.41) is 10.3. The van der Waals surface area contributed by atoms with Gasteiger partial charge in [0, 0.05) is 29.7 Å². The van der Waals surface area contributed by atoms with Gasteiger partial charge in [-0.2, -0.15) is 0 Å². The van der Waals surface area contributed by atoms with E-state index in [1.165, 1.54) is 12.1 Å². The number of carbonyl (C=O) groups is 2. The summed E-state index contributed by atoms with van der Waals surface area (Å²) in [4.78, 5) is 29.1. The number of hydrogen-bond acceptors (Lipinski definition) is 3. The Morgan fingerprint density at radius 2 is 1.94 bits per heavy atom. The summed E-state index contributed by atoms with van der Waals surface area (Å²) in [6.45, 7) is 1.76. The van der Waals surface area contributed by atoms with Crippen molar-refractivity contribution in [3.05, 3.63) is 76.2 Å². The summed E-state index contributed by atoms with van der Waals surface area (Å²) in [5.74, 6) is -0.895. The van der Waals surface area contributed by atoms with Crippen molar-refractivity contribution in [3.8, 4) is 0 Å². The van der Waals surface area contributed by atoms with Gasteiger partial charge in [0.05, 0.1) is 4.47 Å². The first-order chi connectivity index (χ1) is 16.0. The van der Waals surface area contributed by atoms with E-state index >= 15 is 0 Å². The lowest BCUT2D eigenvalue weighted by Gasteiger charge is -2.36. The van der Waals surface area contributed by atoms with Gasteiger partial charge in [0.2, 0.25) is 11.8 Å².